The van der Waals surface area contributed by atoms with Gasteiger partial charge in [0.15, 0.2) is 0 Å². The summed E-state index contributed by atoms with van der Waals surface area (Å²) in [6.07, 6.45) is 4.69. The molecule has 0 amide bonds. The molecule has 0 bridgehead atoms. The summed E-state index contributed by atoms with van der Waals surface area (Å²) >= 11 is 0. The van der Waals surface area contributed by atoms with Crippen LogP contribution in [-0.2, 0) is 0 Å². The number of aliphatic hydroxyl groups is 1. The van der Waals surface area contributed by atoms with Crippen molar-refractivity contribution in [1.29, 1.82) is 0 Å². The summed E-state index contributed by atoms with van der Waals surface area (Å²) in [5.74, 6) is 0.00329. The first-order valence-corrected chi connectivity index (χ1v) is 6.77. The van der Waals surface area contributed by atoms with Crippen LogP contribution in [0.15, 0.2) is 72.8 Å². The Kier molecular flexibility index (Phi) is 4.93. The Bertz CT molecular complexity index is 502. The Morgan fingerprint density at radius 2 is 1.42 bits per heavy atom. The second-order valence-electron chi connectivity index (χ2n) is 4.63. The highest BCUT2D eigenvalue weighted by molar-refractivity contribution is 5.30. The minimum absolute atomic E-state index is 0.00329. The van der Waals surface area contributed by atoms with Crippen molar-refractivity contribution in [2.24, 2.45) is 0 Å². The van der Waals surface area contributed by atoms with Crippen molar-refractivity contribution < 1.29 is 5.11 Å². The number of hydrogen-bond acceptors (Lipinski definition) is 1. The van der Waals surface area contributed by atoms with E-state index in [4.69, 9.17) is 0 Å². The molecule has 0 heterocycles. The molecule has 0 saturated carbocycles. The maximum absolute atomic E-state index is 10.6. The van der Waals surface area contributed by atoms with Gasteiger partial charge in [0.2, 0.25) is 0 Å². The quantitative estimate of drug-likeness (QED) is 0.778. The fourth-order valence-electron chi connectivity index (χ4n) is 2.21. The highest BCUT2D eigenvalue weighted by atomic mass is 16.3. The van der Waals surface area contributed by atoms with Crippen LogP contribution in [-0.4, -0.2) is 5.11 Å². The monoisotopic (exact) mass is 252 g/mol. The van der Waals surface area contributed by atoms with Gasteiger partial charge in [-0.1, -0.05) is 79.7 Å². The third-order valence-electron chi connectivity index (χ3n) is 3.24. The van der Waals surface area contributed by atoms with Crippen LogP contribution in [0.1, 0.15) is 36.5 Å². The van der Waals surface area contributed by atoms with E-state index >= 15 is 0 Å². The molecule has 0 radical (unpaired) electrons. The van der Waals surface area contributed by atoms with Crippen molar-refractivity contribution in [3.8, 4) is 0 Å². The molecule has 0 aromatic heterocycles. The number of rotatable bonds is 5. The summed E-state index contributed by atoms with van der Waals surface area (Å²) in [6, 6.07) is 20.0. The first kappa shape index (κ1) is 13.6. The fourth-order valence-corrected chi connectivity index (χ4v) is 2.21. The van der Waals surface area contributed by atoms with Crippen molar-refractivity contribution in [3.63, 3.8) is 0 Å². The highest BCUT2D eigenvalue weighted by Gasteiger charge is 2.19. The largest absolute Gasteiger partial charge is 0.387 e. The molecule has 0 aliphatic heterocycles. The minimum Gasteiger partial charge on any atom is -0.387 e. The fraction of sp³-hybridized carbons (Fsp3) is 0.222. The van der Waals surface area contributed by atoms with Crippen molar-refractivity contribution in [1.82, 2.24) is 0 Å². The standard InChI is InChI=1S/C18H20O/c1-2-3-14-17(15-10-6-4-7-11-15)18(19)16-12-8-5-9-13-16/h3-14,17-19H,2H2,1H3/b14-3+/t17-,18-/m1/s1. The van der Waals surface area contributed by atoms with Gasteiger partial charge in [-0.3, -0.25) is 0 Å². The molecule has 0 aliphatic rings. The lowest BCUT2D eigenvalue weighted by Crippen LogP contribution is -2.08. The van der Waals surface area contributed by atoms with Crippen LogP contribution < -0.4 is 0 Å². The summed E-state index contributed by atoms with van der Waals surface area (Å²) in [7, 11) is 0. The highest BCUT2D eigenvalue weighted by Crippen LogP contribution is 2.32. The van der Waals surface area contributed by atoms with Crippen LogP contribution in [0.5, 0.6) is 0 Å². The molecule has 2 atom stereocenters. The van der Waals surface area contributed by atoms with E-state index in [9.17, 15) is 5.11 Å². The molecule has 0 unspecified atom stereocenters. The summed E-state index contributed by atoms with van der Waals surface area (Å²) < 4.78 is 0. The number of benzene rings is 2. The molecule has 2 aromatic carbocycles. The van der Waals surface area contributed by atoms with Gasteiger partial charge in [-0.15, -0.1) is 0 Å². The molecule has 2 rings (SSSR count). The van der Waals surface area contributed by atoms with Gasteiger partial charge in [0.05, 0.1) is 6.10 Å². The molecule has 0 saturated heterocycles. The first-order valence-electron chi connectivity index (χ1n) is 6.77. The Balaban J connectivity index is 2.31. The normalized spacial score (nSPS) is 14.4. The second-order valence-corrected chi connectivity index (χ2v) is 4.63. The van der Waals surface area contributed by atoms with Gasteiger partial charge < -0.3 is 5.11 Å². The predicted molar refractivity (Wildman–Crippen MR) is 80.0 cm³/mol. The third kappa shape index (κ3) is 3.55. The van der Waals surface area contributed by atoms with Crippen LogP contribution in [0, 0.1) is 0 Å². The lowest BCUT2D eigenvalue weighted by Gasteiger charge is -2.21. The predicted octanol–water partition coefficient (Wildman–Crippen LogP) is 4.47. The van der Waals surface area contributed by atoms with Crippen molar-refractivity contribution in [2.75, 3.05) is 0 Å². The maximum atomic E-state index is 10.6. The van der Waals surface area contributed by atoms with Gasteiger partial charge in [0, 0.05) is 5.92 Å². The van der Waals surface area contributed by atoms with Crippen LogP contribution in [0.4, 0.5) is 0 Å². The average molecular weight is 252 g/mol. The molecule has 19 heavy (non-hydrogen) atoms. The molecule has 0 fully saturated rings. The van der Waals surface area contributed by atoms with Crippen molar-refractivity contribution in [3.05, 3.63) is 83.9 Å². The summed E-state index contributed by atoms with van der Waals surface area (Å²) in [4.78, 5) is 0. The zero-order valence-corrected chi connectivity index (χ0v) is 11.2. The average Bonchev–Trinajstić information content (AvgIpc) is 2.49. The molecule has 0 aliphatic carbocycles. The molecule has 1 nitrogen and oxygen atoms in total. The molecule has 1 heteroatoms. The van der Waals surface area contributed by atoms with Crippen molar-refractivity contribution in [2.45, 2.75) is 25.4 Å². The Morgan fingerprint density at radius 1 is 0.895 bits per heavy atom. The topological polar surface area (TPSA) is 20.2 Å². The van der Waals surface area contributed by atoms with E-state index in [0.717, 1.165) is 17.5 Å². The summed E-state index contributed by atoms with van der Waals surface area (Å²) in [5, 5.41) is 10.6. The second kappa shape index (κ2) is 6.91. The van der Waals surface area contributed by atoms with Gasteiger partial charge in [-0.05, 0) is 17.5 Å². The van der Waals surface area contributed by atoms with E-state index < -0.39 is 6.10 Å². The summed E-state index contributed by atoms with van der Waals surface area (Å²) in [6.45, 7) is 2.10. The molecule has 98 valence electrons. The Labute approximate surface area is 115 Å². The van der Waals surface area contributed by atoms with Crippen LogP contribution in [0.3, 0.4) is 0 Å². The van der Waals surface area contributed by atoms with Gasteiger partial charge in [-0.25, -0.2) is 0 Å². The van der Waals surface area contributed by atoms with E-state index in [2.05, 4.69) is 31.2 Å². The molecule has 2 aromatic rings. The van der Waals surface area contributed by atoms with E-state index in [1.807, 2.05) is 48.5 Å². The molecular weight excluding hydrogens is 232 g/mol. The van der Waals surface area contributed by atoms with E-state index in [1.165, 1.54) is 0 Å². The van der Waals surface area contributed by atoms with E-state index in [-0.39, 0.29) is 5.92 Å². The Hall–Kier alpha value is -1.86. The maximum Gasteiger partial charge on any atom is 0.0893 e. The van der Waals surface area contributed by atoms with Gasteiger partial charge in [-0.2, -0.15) is 0 Å². The van der Waals surface area contributed by atoms with Crippen molar-refractivity contribution >= 4 is 0 Å². The lowest BCUT2D eigenvalue weighted by molar-refractivity contribution is 0.161. The zero-order chi connectivity index (χ0) is 13.5. The Morgan fingerprint density at radius 3 is 1.95 bits per heavy atom. The van der Waals surface area contributed by atoms with E-state index in [0.29, 0.717) is 0 Å². The zero-order valence-electron chi connectivity index (χ0n) is 11.2. The number of allylic oxidation sites excluding steroid dienone is 1. The molecular formula is C18H20O. The lowest BCUT2D eigenvalue weighted by atomic mass is 9.88. The van der Waals surface area contributed by atoms with Gasteiger partial charge in [0.25, 0.3) is 0 Å². The SMILES string of the molecule is CC/C=C/[C@H](c1ccccc1)[C@H](O)c1ccccc1. The molecule has 1 N–H and O–H groups in total. The minimum atomic E-state index is -0.508. The van der Waals surface area contributed by atoms with Gasteiger partial charge >= 0.3 is 0 Å². The number of aliphatic hydroxyl groups excluding tert-OH is 1. The van der Waals surface area contributed by atoms with Crippen LogP contribution in [0.2, 0.25) is 0 Å². The smallest absolute Gasteiger partial charge is 0.0893 e. The summed E-state index contributed by atoms with van der Waals surface area (Å²) in [5.41, 5.74) is 2.10. The first-order chi connectivity index (χ1) is 9.33. The molecule has 0 spiro atoms. The van der Waals surface area contributed by atoms with Gasteiger partial charge in [0.1, 0.15) is 0 Å². The van der Waals surface area contributed by atoms with E-state index in [1.54, 1.807) is 0 Å². The van der Waals surface area contributed by atoms with Crippen LogP contribution >= 0.6 is 0 Å². The third-order valence-corrected chi connectivity index (χ3v) is 3.24. The van der Waals surface area contributed by atoms with Crippen LogP contribution in [0.25, 0.3) is 0 Å². The number of hydrogen-bond donors (Lipinski definition) is 1.